The largest absolute Gasteiger partial charge is 0.504 e. The fourth-order valence-corrected chi connectivity index (χ4v) is 2.64. The predicted molar refractivity (Wildman–Crippen MR) is 72.6 cm³/mol. The molecule has 18 heavy (non-hydrogen) atoms. The Balaban J connectivity index is 2.26. The number of piperazine rings is 1. The molecule has 0 radical (unpaired) electrons. The first-order valence-corrected chi connectivity index (χ1v) is 6.49. The van der Waals surface area contributed by atoms with Gasteiger partial charge in [-0.05, 0) is 24.1 Å². The zero-order valence-corrected chi connectivity index (χ0v) is 11.5. The maximum Gasteiger partial charge on any atom is 0.179 e. The summed E-state index contributed by atoms with van der Waals surface area (Å²) in [4.78, 5) is 2.35. The molecular weight excluding hydrogens is 252 g/mol. The van der Waals surface area contributed by atoms with Crippen LogP contribution >= 0.6 is 11.6 Å². The van der Waals surface area contributed by atoms with E-state index in [2.05, 4.69) is 10.2 Å². The third kappa shape index (κ3) is 2.71. The number of aromatic hydroxyl groups is 1. The maximum atomic E-state index is 9.77. The van der Waals surface area contributed by atoms with E-state index in [1.807, 2.05) is 6.92 Å². The van der Waals surface area contributed by atoms with Crippen LogP contribution < -0.4 is 10.1 Å². The minimum atomic E-state index is 0.101. The van der Waals surface area contributed by atoms with E-state index in [0.29, 0.717) is 10.8 Å². The van der Waals surface area contributed by atoms with Crippen LogP contribution in [0.3, 0.4) is 0 Å². The first-order chi connectivity index (χ1) is 8.63. The van der Waals surface area contributed by atoms with Crippen LogP contribution in [-0.4, -0.2) is 43.3 Å². The quantitative estimate of drug-likeness (QED) is 0.879. The average molecular weight is 271 g/mol. The van der Waals surface area contributed by atoms with E-state index in [1.165, 1.54) is 7.11 Å². The minimum Gasteiger partial charge on any atom is -0.504 e. The van der Waals surface area contributed by atoms with Crippen molar-refractivity contribution in [3.05, 3.63) is 22.2 Å². The zero-order chi connectivity index (χ0) is 13.1. The van der Waals surface area contributed by atoms with Gasteiger partial charge in [-0.25, -0.2) is 0 Å². The van der Waals surface area contributed by atoms with Crippen molar-refractivity contribution >= 4 is 11.6 Å². The van der Waals surface area contributed by atoms with Gasteiger partial charge in [-0.3, -0.25) is 4.90 Å². The lowest BCUT2D eigenvalue weighted by Crippen LogP contribution is -2.43. The first kappa shape index (κ1) is 13.5. The van der Waals surface area contributed by atoms with Crippen molar-refractivity contribution in [2.75, 3.05) is 33.3 Å². The van der Waals surface area contributed by atoms with Crippen LogP contribution in [0.2, 0.25) is 5.02 Å². The number of phenols is 1. The van der Waals surface area contributed by atoms with Crippen LogP contribution in [0.25, 0.3) is 0 Å². The highest BCUT2D eigenvalue weighted by molar-refractivity contribution is 6.33. The topological polar surface area (TPSA) is 44.7 Å². The number of methoxy groups -OCH3 is 1. The molecule has 1 aliphatic heterocycles. The van der Waals surface area contributed by atoms with Gasteiger partial charge in [0.15, 0.2) is 11.5 Å². The Bertz CT molecular complexity index is 431. The molecule has 0 aliphatic carbocycles. The second-order valence-electron chi connectivity index (χ2n) is 4.56. The molecule has 5 heteroatoms. The normalized spacial score (nSPS) is 16.8. The molecule has 0 unspecified atom stereocenters. The summed E-state index contributed by atoms with van der Waals surface area (Å²) in [5.41, 5.74) is 2.03. The number of phenolic OH excluding ortho intramolecular Hbond substituents is 1. The molecule has 0 aromatic heterocycles. The van der Waals surface area contributed by atoms with E-state index in [9.17, 15) is 5.11 Å². The Morgan fingerprint density at radius 2 is 2.11 bits per heavy atom. The maximum absolute atomic E-state index is 9.77. The van der Waals surface area contributed by atoms with Crippen LogP contribution in [0.15, 0.2) is 6.07 Å². The summed E-state index contributed by atoms with van der Waals surface area (Å²) in [7, 11) is 1.52. The van der Waals surface area contributed by atoms with E-state index in [1.54, 1.807) is 6.07 Å². The van der Waals surface area contributed by atoms with Gasteiger partial charge in [0.05, 0.1) is 12.1 Å². The Labute approximate surface area is 113 Å². The van der Waals surface area contributed by atoms with Crippen LogP contribution in [0.1, 0.15) is 11.1 Å². The number of nitrogens with one attached hydrogen (secondary N) is 1. The number of hydrogen-bond acceptors (Lipinski definition) is 4. The summed E-state index contributed by atoms with van der Waals surface area (Å²) in [5.74, 6) is 0.469. The summed E-state index contributed by atoms with van der Waals surface area (Å²) in [6.07, 6.45) is 0. The molecule has 1 aromatic rings. The summed E-state index contributed by atoms with van der Waals surface area (Å²) >= 11 is 6.31. The Hall–Kier alpha value is -0.970. The monoisotopic (exact) mass is 270 g/mol. The van der Waals surface area contributed by atoms with Crippen LogP contribution in [0.5, 0.6) is 11.5 Å². The average Bonchev–Trinajstić information content (AvgIpc) is 2.36. The Morgan fingerprint density at radius 3 is 2.72 bits per heavy atom. The van der Waals surface area contributed by atoms with Gasteiger partial charge in [0.2, 0.25) is 0 Å². The van der Waals surface area contributed by atoms with Crippen molar-refractivity contribution in [2.45, 2.75) is 13.5 Å². The van der Waals surface area contributed by atoms with Crippen LogP contribution in [0, 0.1) is 6.92 Å². The Kier molecular flexibility index (Phi) is 4.32. The number of rotatable bonds is 3. The van der Waals surface area contributed by atoms with Gasteiger partial charge in [-0.15, -0.1) is 0 Å². The fraction of sp³-hybridized carbons (Fsp3) is 0.538. The molecule has 1 aromatic carbocycles. The van der Waals surface area contributed by atoms with Crippen LogP contribution in [0.4, 0.5) is 0 Å². The highest BCUT2D eigenvalue weighted by Gasteiger charge is 2.18. The minimum absolute atomic E-state index is 0.101. The predicted octanol–water partition coefficient (Wildman–Crippen LogP) is 1.77. The van der Waals surface area contributed by atoms with Gasteiger partial charge in [-0.2, -0.15) is 0 Å². The molecular formula is C13H19ClN2O2. The molecule has 0 atom stereocenters. The highest BCUT2D eigenvalue weighted by atomic mass is 35.5. The standard InChI is InChI=1S/C13H19ClN2O2/c1-9-7-11(17)13(18-2)12(14)10(9)8-16-5-3-15-4-6-16/h7,15,17H,3-6,8H2,1-2H3. The molecule has 1 saturated heterocycles. The van der Waals surface area contributed by atoms with E-state index in [-0.39, 0.29) is 5.75 Å². The second kappa shape index (κ2) is 5.78. The molecule has 4 nitrogen and oxygen atoms in total. The van der Waals surface area contributed by atoms with Crippen molar-refractivity contribution in [3.8, 4) is 11.5 Å². The van der Waals surface area contributed by atoms with E-state index < -0.39 is 0 Å². The smallest absolute Gasteiger partial charge is 0.179 e. The number of nitrogens with zero attached hydrogens (tertiary/aromatic N) is 1. The molecule has 2 N–H and O–H groups in total. The van der Waals surface area contributed by atoms with Crippen molar-refractivity contribution in [2.24, 2.45) is 0 Å². The number of ether oxygens (including phenoxy) is 1. The van der Waals surface area contributed by atoms with Gasteiger partial charge in [0.25, 0.3) is 0 Å². The molecule has 0 spiro atoms. The second-order valence-corrected chi connectivity index (χ2v) is 4.94. The van der Waals surface area contributed by atoms with Gasteiger partial charge in [-0.1, -0.05) is 11.6 Å². The van der Waals surface area contributed by atoms with Gasteiger partial charge in [0.1, 0.15) is 0 Å². The molecule has 0 amide bonds. The van der Waals surface area contributed by atoms with Gasteiger partial charge >= 0.3 is 0 Å². The summed E-state index contributed by atoms with van der Waals surface area (Å²) in [6, 6.07) is 1.71. The lowest BCUT2D eigenvalue weighted by atomic mass is 10.1. The summed E-state index contributed by atoms with van der Waals surface area (Å²) < 4.78 is 5.15. The molecule has 0 saturated carbocycles. The SMILES string of the molecule is COc1c(O)cc(C)c(CN2CCNCC2)c1Cl. The first-order valence-electron chi connectivity index (χ1n) is 6.11. The Morgan fingerprint density at radius 1 is 1.44 bits per heavy atom. The van der Waals surface area contributed by atoms with E-state index in [4.69, 9.17) is 16.3 Å². The zero-order valence-electron chi connectivity index (χ0n) is 10.8. The number of benzene rings is 1. The van der Waals surface area contributed by atoms with Crippen LogP contribution in [-0.2, 0) is 6.54 Å². The van der Waals surface area contributed by atoms with Crippen molar-refractivity contribution in [3.63, 3.8) is 0 Å². The molecule has 2 rings (SSSR count). The van der Waals surface area contributed by atoms with Gasteiger partial charge < -0.3 is 15.2 Å². The molecule has 1 heterocycles. The summed E-state index contributed by atoms with van der Waals surface area (Å²) in [5, 5.41) is 13.6. The number of halogens is 1. The lowest BCUT2D eigenvalue weighted by Gasteiger charge is -2.28. The third-order valence-corrected chi connectivity index (χ3v) is 3.72. The fourth-order valence-electron chi connectivity index (χ4n) is 2.26. The highest BCUT2D eigenvalue weighted by Crippen LogP contribution is 2.39. The van der Waals surface area contributed by atoms with E-state index in [0.717, 1.165) is 43.9 Å². The third-order valence-electron chi connectivity index (χ3n) is 3.32. The van der Waals surface area contributed by atoms with Crippen molar-refractivity contribution < 1.29 is 9.84 Å². The molecule has 0 bridgehead atoms. The van der Waals surface area contributed by atoms with Crippen molar-refractivity contribution in [1.29, 1.82) is 0 Å². The number of hydrogen-bond donors (Lipinski definition) is 2. The number of aryl methyl sites for hydroxylation is 1. The van der Waals surface area contributed by atoms with Crippen molar-refractivity contribution in [1.82, 2.24) is 10.2 Å². The molecule has 100 valence electrons. The van der Waals surface area contributed by atoms with Gasteiger partial charge in [0, 0.05) is 32.7 Å². The van der Waals surface area contributed by atoms with E-state index >= 15 is 0 Å². The summed E-state index contributed by atoms with van der Waals surface area (Å²) in [6.45, 7) is 6.79. The molecule has 1 fully saturated rings. The lowest BCUT2D eigenvalue weighted by molar-refractivity contribution is 0.232. The molecule has 1 aliphatic rings.